The second-order valence-electron chi connectivity index (χ2n) is 5.89. The summed E-state index contributed by atoms with van der Waals surface area (Å²) < 4.78 is 13.0. The number of benzene rings is 1. The molecule has 1 N–H and O–H groups in total. The Labute approximate surface area is 146 Å². The Morgan fingerprint density at radius 3 is 3.00 bits per heavy atom. The number of ether oxygens (including phenoxy) is 1. The Bertz CT molecular complexity index is 841. The molecule has 0 saturated heterocycles. The Kier molecular flexibility index (Phi) is 4.92. The number of methoxy groups -OCH3 is 1. The van der Waals surface area contributed by atoms with Gasteiger partial charge in [0.1, 0.15) is 5.76 Å². The van der Waals surface area contributed by atoms with Gasteiger partial charge in [0.25, 0.3) is 0 Å². The number of fused-ring (bicyclic) bond motifs is 1. The van der Waals surface area contributed by atoms with Crippen LogP contribution < -0.4 is 10.1 Å². The van der Waals surface area contributed by atoms with Gasteiger partial charge in [-0.2, -0.15) is 5.10 Å². The van der Waals surface area contributed by atoms with Crippen LogP contribution in [0.5, 0.6) is 5.75 Å². The number of amides is 2. The quantitative estimate of drug-likeness (QED) is 0.747. The van der Waals surface area contributed by atoms with E-state index in [4.69, 9.17) is 9.15 Å². The summed E-state index contributed by atoms with van der Waals surface area (Å²) in [7, 11) is 3.37. The molecule has 0 fully saturated rings. The zero-order chi connectivity index (χ0) is 17.8. The summed E-state index contributed by atoms with van der Waals surface area (Å²) in [6.45, 7) is 3.10. The molecule has 1 aromatic carbocycles. The van der Waals surface area contributed by atoms with Gasteiger partial charge in [0, 0.05) is 31.4 Å². The molecule has 0 unspecified atom stereocenters. The molecular weight excluding hydrogens is 320 g/mol. The van der Waals surface area contributed by atoms with Crippen LogP contribution in [0.2, 0.25) is 0 Å². The molecule has 2 aromatic heterocycles. The number of hydrogen-bond donors (Lipinski definition) is 1. The van der Waals surface area contributed by atoms with Gasteiger partial charge in [-0.05, 0) is 25.1 Å². The summed E-state index contributed by atoms with van der Waals surface area (Å²) in [6, 6.07) is 9.08. The highest BCUT2D eigenvalue weighted by Crippen LogP contribution is 2.30. The van der Waals surface area contributed by atoms with Gasteiger partial charge in [0.05, 0.1) is 19.7 Å². The molecule has 25 heavy (non-hydrogen) atoms. The van der Waals surface area contributed by atoms with Gasteiger partial charge in [-0.3, -0.25) is 4.68 Å². The minimum Gasteiger partial charge on any atom is -0.493 e. The Morgan fingerprint density at radius 2 is 2.28 bits per heavy atom. The van der Waals surface area contributed by atoms with Crippen molar-refractivity contribution in [3.8, 4) is 5.75 Å². The molecule has 7 heteroatoms. The van der Waals surface area contributed by atoms with Gasteiger partial charge in [-0.15, -0.1) is 0 Å². The minimum atomic E-state index is -0.253. The van der Waals surface area contributed by atoms with E-state index in [0.29, 0.717) is 30.2 Å². The molecule has 3 rings (SSSR count). The van der Waals surface area contributed by atoms with Crippen LogP contribution in [-0.4, -0.2) is 41.4 Å². The molecule has 2 amide bonds. The van der Waals surface area contributed by atoms with Gasteiger partial charge in [0.2, 0.25) is 0 Å². The average molecular weight is 342 g/mol. The molecular formula is C18H22N4O3. The smallest absolute Gasteiger partial charge is 0.317 e. The Balaban J connectivity index is 1.62. The van der Waals surface area contributed by atoms with Crippen molar-refractivity contribution in [2.45, 2.75) is 19.5 Å². The highest BCUT2D eigenvalue weighted by atomic mass is 16.5. The lowest BCUT2D eigenvalue weighted by Crippen LogP contribution is -2.40. The predicted octanol–water partition coefficient (Wildman–Crippen LogP) is 3.04. The van der Waals surface area contributed by atoms with Gasteiger partial charge in [0.15, 0.2) is 11.3 Å². The van der Waals surface area contributed by atoms with E-state index < -0.39 is 0 Å². The highest BCUT2D eigenvalue weighted by molar-refractivity contribution is 5.84. The lowest BCUT2D eigenvalue weighted by Gasteiger charge is -2.20. The second-order valence-corrected chi connectivity index (χ2v) is 5.89. The largest absolute Gasteiger partial charge is 0.493 e. The van der Waals surface area contributed by atoms with Crippen molar-refractivity contribution in [1.82, 2.24) is 20.0 Å². The molecule has 0 spiro atoms. The summed E-state index contributed by atoms with van der Waals surface area (Å²) in [5, 5.41) is 8.02. The summed E-state index contributed by atoms with van der Waals surface area (Å²) in [4.78, 5) is 14.0. The van der Waals surface area contributed by atoms with Crippen molar-refractivity contribution in [1.29, 1.82) is 0 Å². The van der Waals surface area contributed by atoms with E-state index >= 15 is 0 Å². The highest BCUT2D eigenvalue weighted by Gasteiger charge is 2.18. The molecule has 7 nitrogen and oxygen atoms in total. The third-order valence-electron chi connectivity index (χ3n) is 4.08. The zero-order valence-corrected chi connectivity index (χ0v) is 14.6. The zero-order valence-electron chi connectivity index (χ0n) is 14.6. The summed E-state index contributed by atoms with van der Waals surface area (Å²) >= 11 is 0. The number of nitrogens with one attached hydrogen (secondary N) is 1. The number of furan rings is 1. The summed E-state index contributed by atoms with van der Waals surface area (Å²) in [5.41, 5.74) is 0.688. The molecule has 2 heterocycles. The van der Waals surface area contributed by atoms with E-state index in [-0.39, 0.29) is 12.1 Å². The van der Waals surface area contributed by atoms with Crippen molar-refractivity contribution in [3.63, 3.8) is 0 Å². The molecule has 0 saturated carbocycles. The molecule has 0 bridgehead atoms. The van der Waals surface area contributed by atoms with Gasteiger partial charge < -0.3 is 19.4 Å². The van der Waals surface area contributed by atoms with Crippen LogP contribution in [0.15, 0.2) is 47.1 Å². The van der Waals surface area contributed by atoms with E-state index in [1.54, 1.807) is 29.9 Å². The van der Waals surface area contributed by atoms with Crippen LogP contribution >= 0.6 is 0 Å². The monoisotopic (exact) mass is 342 g/mol. The van der Waals surface area contributed by atoms with Crippen LogP contribution in [0.3, 0.4) is 0 Å². The molecule has 0 radical (unpaired) electrons. The molecule has 0 aliphatic carbocycles. The first-order valence-corrected chi connectivity index (χ1v) is 8.14. The summed E-state index contributed by atoms with van der Waals surface area (Å²) in [6.07, 6.45) is 3.59. The lowest BCUT2D eigenvalue weighted by molar-refractivity contribution is 0.201. The van der Waals surface area contributed by atoms with Gasteiger partial charge in [-0.25, -0.2) is 4.79 Å². The predicted molar refractivity (Wildman–Crippen MR) is 94.6 cm³/mol. The molecule has 0 aliphatic heterocycles. The van der Waals surface area contributed by atoms with Crippen molar-refractivity contribution in [3.05, 3.63) is 48.5 Å². The van der Waals surface area contributed by atoms with Gasteiger partial charge >= 0.3 is 6.03 Å². The number of nitrogens with zero attached hydrogens (tertiary/aromatic N) is 3. The first-order chi connectivity index (χ1) is 12.1. The number of aromatic nitrogens is 2. The average Bonchev–Trinajstić information content (AvgIpc) is 3.28. The molecule has 3 aromatic rings. The number of carbonyl (C=O) groups is 1. The van der Waals surface area contributed by atoms with E-state index in [2.05, 4.69) is 10.4 Å². The van der Waals surface area contributed by atoms with E-state index in [0.717, 1.165) is 5.39 Å². The van der Waals surface area contributed by atoms with Crippen molar-refractivity contribution >= 4 is 17.0 Å². The molecule has 1 atom stereocenters. The number of rotatable bonds is 6. The maximum absolute atomic E-state index is 12.3. The Hall–Kier alpha value is -2.96. The van der Waals surface area contributed by atoms with Crippen LogP contribution in [-0.2, 0) is 6.54 Å². The van der Waals surface area contributed by atoms with Crippen LogP contribution in [0.4, 0.5) is 4.79 Å². The fourth-order valence-electron chi connectivity index (χ4n) is 2.58. The van der Waals surface area contributed by atoms with Crippen molar-refractivity contribution < 1.29 is 13.9 Å². The fourth-order valence-corrected chi connectivity index (χ4v) is 2.58. The summed E-state index contributed by atoms with van der Waals surface area (Å²) in [5.74, 6) is 1.37. The third kappa shape index (κ3) is 3.76. The van der Waals surface area contributed by atoms with Gasteiger partial charge in [-0.1, -0.05) is 12.1 Å². The van der Waals surface area contributed by atoms with Crippen LogP contribution in [0.1, 0.15) is 18.7 Å². The number of likely N-dealkylation sites (N-methyl/N-ethyl adjacent to an activating group) is 1. The Morgan fingerprint density at radius 1 is 1.44 bits per heavy atom. The van der Waals surface area contributed by atoms with E-state index in [1.807, 2.05) is 43.5 Å². The first-order valence-electron chi connectivity index (χ1n) is 8.14. The third-order valence-corrected chi connectivity index (χ3v) is 4.08. The van der Waals surface area contributed by atoms with E-state index in [9.17, 15) is 4.79 Å². The van der Waals surface area contributed by atoms with E-state index in [1.165, 1.54) is 0 Å². The normalized spacial score (nSPS) is 12.1. The molecule has 132 valence electrons. The van der Waals surface area contributed by atoms with Crippen molar-refractivity contribution in [2.24, 2.45) is 0 Å². The van der Waals surface area contributed by atoms with Crippen LogP contribution in [0.25, 0.3) is 11.0 Å². The minimum absolute atomic E-state index is 0.160. The topological polar surface area (TPSA) is 72.5 Å². The number of hydrogen-bond acceptors (Lipinski definition) is 4. The van der Waals surface area contributed by atoms with Crippen molar-refractivity contribution in [2.75, 3.05) is 20.7 Å². The maximum atomic E-state index is 12.3. The SMILES string of the molecule is COc1cccc2cc([C@@H](C)NC(=O)N(C)CCn3cccn3)oc12. The maximum Gasteiger partial charge on any atom is 0.317 e. The number of urea groups is 1. The lowest BCUT2D eigenvalue weighted by atomic mass is 10.2. The number of carbonyl (C=O) groups excluding carboxylic acids is 1. The molecule has 0 aliphatic rings. The first kappa shape index (κ1) is 16.9. The standard InChI is InChI=1S/C18H22N4O3/c1-13(16-12-14-6-4-7-15(24-3)17(14)25-16)20-18(23)21(2)10-11-22-9-5-8-19-22/h4-9,12-13H,10-11H2,1-3H3,(H,20,23)/t13-/m1/s1. The number of para-hydroxylation sites is 1. The van der Waals surface area contributed by atoms with Crippen LogP contribution in [0, 0.1) is 0 Å². The second kappa shape index (κ2) is 7.29. The fraction of sp³-hybridized carbons (Fsp3) is 0.333.